The standard InChI is InChI=1S/C16H20BClS.C9H16N2/c1-4-7-13-10-16(19-11-13)17(12(2)3)14-8-5-6-9-15(14)18;1-6(2)8-9(7(3)4)11-5-10-8/h5-6,8-12H,4,7H2,1-3H3;5-7H,1-4H3,(H,10,11). The summed E-state index contributed by atoms with van der Waals surface area (Å²) in [5, 5.41) is 3.18. The van der Waals surface area contributed by atoms with Gasteiger partial charge in [0.15, 0.2) is 0 Å². The Kier molecular flexibility index (Phi) is 9.70. The van der Waals surface area contributed by atoms with Crippen molar-refractivity contribution in [2.45, 2.75) is 79.0 Å². The molecular weight excluding hydrogens is 407 g/mol. The third-order valence-corrected chi connectivity index (χ3v) is 6.66. The van der Waals surface area contributed by atoms with E-state index >= 15 is 0 Å². The van der Waals surface area contributed by atoms with Crippen LogP contribution in [0.3, 0.4) is 0 Å². The first-order valence-electron chi connectivity index (χ1n) is 11.1. The van der Waals surface area contributed by atoms with Crippen LogP contribution in [0, 0.1) is 0 Å². The topological polar surface area (TPSA) is 28.7 Å². The zero-order valence-electron chi connectivity index (χ0n) is 19.5. The summed E-state index contributed by atoms with van der Waals surface area (Å²) < 4.78 is 1.44. The molecule has 0 spiro atoms. The number of aromatic nitrogens is 2. The fourth-order valence-electron chi connectivity index (χ4n) is 3.78. The number of hydrogen-bond donors (Lipinski definition) is 1. The smallest absolute Gasteiger partial charge is 0.226 e. The van der Waals surface area contributed by atoms with Gasteiger partial charge in [0, 0.05) is 10.7 Å². The number of imidazole rings is 1. The summed E-state index contributed by atoms with van der Waals surface area (Å²) in [6, 6.07) is 10.6. The Balaban J connectivity index is 0.000000248. The largest absolute Gasteiger partial charge is 0.348 e. The normalized spacial score (nSPS) is 11.2. The van der Waals surface area contributed by atoms with Crippen molar-refractivity contribution in [1.29, 1.82) is 0 Å². The van der Waals surface area contributed by atoms with E-state index in [1.807, 2.05) is 23.5 Å². The molecule has 0 saturated carbocycles. The quantitative estimate of drug-likeness (QED) is 0.391. The number of nitrogens with one attached hydrogen (secondary N) is 1. The van der Waals surface area contributed by atoms with Crippen molar-refractivity contribution in [3.05, 3.63) is 64.0 Å². The number of aromatic amines is 1. The summed E-state index contributed by atoms with van der Waals surface area (Å²) in [5.74, 6) is 1.63. The van der Waals surface area contributed by atoms with Crippen molar-refractivity contribution in [1.82, 2.24) is 9.97 Å². The molecule has 5 heteroatoms. The Morgan fingerprint density at radius 3 is 2.30 bits per heavy atom. The van der Waals surface area contributed by atoms with E-state index in [0.29, 0.717) is 24.4 Å². The van der Waals surface area contributed by atoms with Gasteiger partial charge >= 0.3 is 0 Å². The van der Waals surface area contributed by atoms with Gasteiger partial charge in [-0.3, -0.25) is 0 Å². The number of rotatable bonds is 7. The number of halogens is 1. The third-order valence-electron chi connectivity index (χ3n) is 5.25. The third kappa shape index (κ3) is 6.49. The van der Waals surface area contributed by atoms with E-state index in [0.717, 1.165) is 5.02 Å². The van der Waals surface area contributed by atoms with Crippen LogP contribution in [0.2, 0.25) is 10.8 Å². The van der Waals surface area contributed by atoms with Crippen molar-refractivity contribution >= 4 is 39.9 Å². The van der Waals surface area contributed by atoms with Gasteiger partial charge < -0.3 is 4.98 Å². The molecular formula is C25H36BClN2S. The average molecular weight is 443 g/mol. The van der Waals surface area contributed by atoms with E-state index in [1.54, 1.807) is 6.33 Å². The first-order valence-corrected chi connectivity index (χ1v) is 12.4. The highest BCUT2D eigenvalue weighted by Crippen LogP contribution is 2.21. The van der Waals surface area contributed by atoms with Gasteiger partial charge in [0.05, 0.1) is 12.0 Å². The monoisotopic (exact) mass is 442 g/mol. The fraction of sp³-hybridized carbons (Fsp3) is 0.480. The number of hydrogen-bond acceptors (Lipinski definition) is 2. The molecule has 0 saturated heterocycles. The molecule has 0 aliphatic rings. The highest BCUT2D eigenvalue weighted by atomic mass is 35.5. The number of aryl methyl sites for hydroxylation is 1. The predicted octanol–water partition coefficient (Wildman–Crippen LogP) is 7.03. The molecule has 0 bridgehead atoms. The van der Waals surface area contributed by atoms with E-state index in [-0.39, 0.29) is 0 Å². The lowest BCUT2D eigenvalue weighted by molar-refractivity contribution is 0.759. The molecule has 0 atom stereocenters. The van der Waals surface area contributed by atoms with Crippen molar-refractivity contribution < 1.29 is 0 Å². The van der Waals surface area contributed by atoms with E-state index in [9.17, 15) is 0 Å². The lowest BCUT2D eigenvalue weighted by Gasteiger charge is -2.17. The SMILES string of the molecule is CC(C)c1nc[nH]c1C(C)C.CCCc1csc(B(c2ccccc2Cl)C(C)C)c1. The van der Waals surface area contributed by atoms with Crippen molar-refractivity contribution in [3.8, 4) is 0 Å². The first-order chi connectivity index (χ1) is 14.3. The van der Waals surface area contributed by atoms with Gasteiger partial charge in [-0.2, -0.15) is 11.3 Å². The van der Waals surface area contributed by atoms with Crippen LogP contribution in [-0.4, -0.2) is 16.7 Å². The van der Waals surface area contributed by atoms with E-state index in [2.05, 4.69) is 82.0 Å². The molecule has 2 aromatic heterocycles. The van der Waals surface area contributed by atoms with Gasteiger partial charge in [0.1, 0.15) is 0 Å². The molecule has 162 valence electrons. The molecule has 0 amide bonds. The molecule has 30 heavy (non-hydrogen) atoms. The molecule has 2 heterocycles. The zero-order chi connectivity index (χ0) is 22.3. The molecule has 1 aromatic carbocycles. The van der Waals surface area contributed by atoms with Crippen LogP contribution < -0.4 is 10.2 Å². The second kappa shape index (κ2) is 11.8. The Labute approximate surface area is 192 Å². The maximum atomic E-state index is 6.39. The number of benzene rings is 1. The van der Waals surface area contributed by atoms with Crippen LogP contribution >= 0.6 is 22.9 Å². The first kappa shape index (κ1) is 24.8. The van der Waals surface area contributed by atoms with Gasteiger partial charge in [-0.15, -0.1) is 0 Å². The van der Waals surface area contributed by atoms with E-state index in [1.165, 1.54) is 40.0 Å². The Morgan fingerprint density at radius 2 is 1.77 bits per heavy atom. The molecule has 1 N–H and O–H groups in total. The maximum absolute atomic E-state index is 6.39. The van der Waals surface area contributed by atoms with Crippen LogP contribution in [0.4, 0.5) is 0 Å². The molecule has 0 aliphatic carbocycles. The second-order valence-electron chi connectivity index (χ2n) is 8.86. The molecule has 0 unspecified atom stereocenters. The highest BCUT2D eigenvalue weighted by molar-refractivity contribution is 7.24. The summed E-state index contributed by atoms with van der Waals surface area (Å²) in [6.45, 7) is 15.9. The molecule has 0 fully saturated rings. The Morgan fingerprint density at radius 1 is 1.07 bits per heavy atom. The van der Waals surface area contributed by atoms with Crippen LogP contribution in [0.25, 0.3) is 0 Å². The minimum absolute atomic E-state index is 0.407. The predicted molar refractivity (Wildman–Crippen MR) is 137 cm³/mol. The molecule has 3 rings (SSSR count). The Bertz CT molecular complexity index is 875. The minimum Gasteiger partial charge on any atom is -0.348 e. The number of nitrogens with zero attached hydrogens (tertiary/aromatic N) is 1. The van der Waals surface area contributed by atoms with Crippen LogP contribution in [0.5, 0.6) is 0 Å². The average Bonchev–Trinajstić information content (AvgIpc) is 3.34. The van der Waals surface area contributed by atoms with Gasteiger partial charge in [-0.05, 0) is 40.0 Å². The van der Waals surface area contributed by atoms with Crippen LogP contribution in [0.1, 0.15) is 83.7 Å². The molecule has 0 aliphatic heterocycles. The zero-order valence-corrected chi connectivity index (χ0v) is 21.1. The summed E-state index contributed by atoms with van der Waals surface area (Å²) in [6.07, 6.45) is 4.16. The maximum Gasteiger partial charge on any atom is 0.226 e. The minimum atomic E-state index is 0.407. The van der Waals surface area contributed by atoms with Gasteiger partial charge in [-0.1, -0.05) is 102 Å². The van der Waals surface area contributed by atoms with Gasteiger partial charge in [0.2, 0.25) is 6.71 Å². The van der Waals surface area contributed by atoms with Crippen molar-refractivity contribution in [2.24, 2.45) is 0 Å². The van der Waals surface area contributed by atoms with Gasteiger partial charge in [-0.25, -0.2) is 4.98 Å². The summed E-state index contributed by atoms with van der Waals surface area (Å²) in [5.41, 5.74) is 5.20. The lowest BCUT2D eigenvalue weighted by Crippen LogP contribution is -2.43. The highest BCUT2D eigenvalue weighted by Gasteiger charge is 2.26. The van der Waals surface area contributed by atoms with Gasteiger partial charge in [0.25, 0.3) is 0 Å². The van der Waals surface area contributed by atoms with E-state index < -0.39 is 0 Å². The summed E-state index contributed by atoms with van der Waals surface area (Å²) in [4.78, 5) is 7.46. The molecule has 2 nitrogen and oxygen atoms in total. The van der Waals surface area contributed by atoms with Crippen molar-refractivity contribution in [3.63, 3.8) is 0 Å². The summed E-state index contributed by atoms with van der Waals surface area (Å²) in [7, 11) is 0. The number of H-pyrrole nitrogens is 1. The second-order valence-corrected chi connectivity index (χ2v) is 10.2. The molecule has 0 radical (unpaired) electrons. The van der Waals surface area contributed by atoms with Crippen LogP contribution in [-0.2, 0) is 6.42 Å². The Hall–Kier alpha value is -1.52. The van der Waals surface area contributed by atoms with E-state index in [4.69, 9.17) is 11.6 Å². The van der Waals surface area contributed by atoms with Crippen LogP contribution in [0.15, 0.2) is 42.0 Å². The number of thiophene rings is 1. The van der Waals surface area contributed by atoms with Crippen molar-refractivity contribution in [2.75, 3.05) is 0 Å². The summed E-state index contributed by atoms with van der Waals surface area (Å²) >= 11 is 8.26. The molecule has 3 aromatic rings. The lowest BCUT2D eigenvalue weighted by atomic mass is 9.37. The fourth-order valence-corrected chi connectivity index (χ4v) is 5.27.